The van der Waals surface area contributed by atoms with Crippen molar-refractivity contribution in [3.8, 4) is 11.5 Å². The lowest BCUT2D eigenvalue weighted by atomic mass is 10.2. The van der Waals surface area contributed by atoms with Gasteiger partial charge in [-0.15, -0.1) is 0 Å². The molecule has 1 amide bonds. The molecule has 4 aromatic rings. The number of nitrogens with zero attached hydrogens (tertiary/aromatic N) is 2. The predicted molar refractivity (Wildman–Crippen MR) is 159 cm³/mol. The maximum Gasteiger partial charge on any atom is 0.264 e. The number of benzene rings is 4. The number of rotatable bonds is 12. The summed E-state index contributed by atoms with van der Waals surface area (Å²) in [5, 5.41) is 4.00. The Labute approximate surface area is 242 Å². The van der Waals surface area contributed by atoms with Crippen LogP contribution in [0.4, 0.5) is 5.69 Å². The number of anilines is 1. The highest BCUT2D eigenvalue weighted by atomic mass is 79.9. The van der Waals surface area contributed by atoms with Crippen molar-refractivity contribution in [2.45, 2.75) is 18.4 Å². The molecule has 206 valence electrons. The summed E-state index contributed by atoms with van der Waals surface area (Å²) >= 11 is 3.41. The van der Waals surface area contributed by atoms with Gasteiger partial charge in [-0.1, -0.05) is 46.3 Å². The Morgan fingerprint density at radius 3 is 2.15 bits per heavy atom. The van der Waals surface area contributed by atoms with Crippen LogP contribution >= 0.6 is 15.9 Å². The van der Waals surface area contributed by atoms with Crippen LogP contribution in [0.25, 0.3) is 0 Å². The van der Waals surface area contributed by atoms with E-state index in [0.29, 0.717) is 30.4 Å². The summed E-state index contributed by atoms with van der Waals surface area (Å²) in [5.74, 6) is 0.697. The summed E-state index contributed by atoms with van der Waals surface area (Å²) in [4.78, 5) is 12.9. The van der Waals surface area contributed by atoms with Gasteiger partial charge in [0.05, 0.1) is 23.4 Å². The van der Waals surface area contributed by atoms with Gasteiger partial charge in [0, 0.05) is 4.47 Å². The molecule has 0 fully saturated rings. The third-order valence-corrected chi connectivity index (χ3v) is 7.97. The molecular formula is C30H28BrN3O5S. The molecule has 1 N–H and O–H groups in total. The monoisotopic (exact) mass is 621 g/mol. The van der Waals surface area contributed by atoms with E-state index in [1.165, 1.54) is 18.3 Å². The zero-order valence-corrected chi connectivity index (χ0v) is 24.1. The van der Waals surface area contributed by atoms with Crippen LogP contribution in [0.1, 0.15) is 18.1 Å². The van der Waals surface area contributed by atoms with Crippen molar-refractivity contribution in [2.24, 2.45) is 5.10 Å². The number of ether oxygens (including phenoxy) is 2. The number of halogens is 1. The SMILES string of the molecule is CCOc1ccc(N(CC(=O)N/N=C/c2ccc(OCc3ccc(Br)cc3)cc2)S(=O)(=O)c2ccccc2)cc1. The minimum absolute atomic E-state index is 0.0719. The van der Waals surface area contributed by atoms with E-state index in [9.17, 15) is 13.2 Å². The summed E-state index contributed by atoms with van der Waals surface area (Å²) in [5.41, 5.74) is 4.52. The molecule has 0 atom stereocenters. The molecule has 4 rings (SSSR count). The minimum atomic E-state index is -4.02. The van der Waals surface area contributed by atoms with Crippen LogP contribution in [0, 0.1) is 0 Å². The first-order chi connectivity index (χ1) is 19.3. The summed E-state index contributed by atoms with van der Waals surface area (Å²) in [7, 11) is -4.02. The average Bonchev–Trinajstić information content (AvgIpc) is 2.97. The fraction of sp³-hybridized carbons (Fsp3) is 0.133. The highest BCUT2D eigenvalue weighted by Gasteiger charge is 2.27. The smallest absolute Gasteiger partial charge is 0.264 e. The molecule has 0 saturated carbocycles. The minimum Gasteiger partial charge on any atom is -0.494 e. The van der Waals surface area contributed by atoms with Crippen molar-refractivity contribution in [1.82, 2.24) is 5.43 Å². The van der Waals surface area contributed by atoms with Crippen LogP contribution in [0.15, 0.2) is 118 Å². The Morgan fingerprint density at radius 2 is 1.50 bits per heavy atom. The van der Waals surface area contributed by atoms with E-state index < -0.39 is 22.5 Å². The molecule has 0 heterocycles. The Hall–Kier alpha value is -4.15. The van der Waals surface area contributed by atoms with Crippen LogP contribution in [-0.2, 0) is 21.4 Å². The Kier molecular flexibility index (Phi) is 9.93. The normalized spacial score (nSPS) is 11.2. The van der Waals surface area contributed by atoms with Gasteiger partial charge in [-0.25, -0.2) is 13.8 Å². The van der Waals surface area contributed by atoms with Crippen molar-refractivity contribution in [2.75, 3.05) is 17.5 Å². The molecule has 0 unspecified atom stereocenters. The van der Waals surface area contributed by atoms with E-state index in [1.807, 2.05) is 43.3 Å². The number of sulfonamides is 1. The van der Waals surface area contributed by atoms with E-state index >= 15 is 0 Å². The molecule has 4 aromatic carbocycles. The first-order valence-electron chi connectivity index (χ1n) is 12.4. The van der Waals surface area contributed by atoms with Gasteiger partial charge < -0.3 is 9.47 Å². The van der Waals surface area contributed by atoms with Gasteiger partial charge in [0.1, 0.15) is 24.7 Å². The van der Waals surface area contributed by atoms with Crippen molar-refractivity contribution >= 4 is 43.8 Å². The summed E-state index contributed by atoms with van der Waals surface area (Å²) in [6.45, 7) is 2.31. The molecule has 0 spiro atoms. The third-order valence-electron chi connectivity index (χ3n) is 5.66. The van der Waals surface area contributed by atoms with Crippen molar-refractivity contribution < 1.29 is 22.7 Å². The Balaban J connectivity index is 1.40. The Bertz CT molecular complexity index is 1530. The van der Waals surface area contributed by atoms with Crippen LogP contribution in [0.5, 0.6) is 11.5 Å². The second kappa shape index (κ2) is 13.8. The van der Waals surface area contributed by atoms with Gasteiger partial charge in [-0.3, -0.25) is 9.10 Å². The third kappa shape index (κ3) is 7.93. The number of carbonyl (C=O) groups excluding carboxylic acids is 1. The summed E-state index contributed by atoms with van der Waals surface area (Å²) < 4.78 is 40.2. The standard InChI is InChI=1S/C30H28BrN3O5S/c1-2-38-27-18-14-26(15-19-27)34(40(36,37)29-6-4-3-5-7-29)21-30(35)33-32-20-23-10-16-28(17-11-23)39-22-24-8-12-25(31)13-9-24/h3-20H,2,21-22H2,1H3,(H,33,35)/b32-20+. The molecule has 0 saturated heterocycles. The number of nitrogens with one attached hydrogen (secondary N) is 1. The van der Waals surface area contributed by atoms with Gasteiger partial charge in [0.25, 0.3) is 15.9 Å². The number of hydrazone groups is 1. The molecule has 10 heteroatoms. The van der Waals surface area contributed by atoms with Crippen LogP contribution < -0.4 is 19.2 Å². The van der Waals surface area contributed by atoms with Gasteiger partial charge in [0.2, 0.25) is 0 Å². The number of amides is 1. The molecule has 0 aliphatic carbocycles. The van der Waals surface area contributed by atoms with Crippen molar-refractivity contribution in [1.29, 1.82) is 0 Å². The summed E-state index contributed by atoms with van der Waals surface area (Å²) in [6, 6.07) is 29.6. The lowest BCUT2D eigenvalue weighted by Crippen LogP contribution is -2.39. The molecule has 0 aromatic heterocycles. The summed E-state index contributed by atoms with van der Waals surface area (Å²) in [6.07, 6.45) is 1.48. The molecule has 0 aliphatic rings. The first kappa shape index (κ1) is 28.8. The fourth-order valence-electron chi connectivity index (χ4n) is 3.65. The van der Waals surface area contributed by atoms with E-state index in [0.717, 1.165) is 19.9 Å². The second-order valence-electron chi connectivity index (χ2n) is 8.53. The van der Waals surface area contributed by atoms with Crippen LogP contribution in [-0.4, -0.2) is 33.7 Å². The molecule has 40 heavy (non-hydrogen) atoms. The highest BCUT2D eigenvalue weighted by molar-refractivity contribution is 9.10. The lowest BCUT2D eigenvalue weighted by Gasteiger charge is -2.24. The van der Waals surface area contributed by atoms with E-state index in [-0.39, 0.29) is 4.90 Å². The largest absolute Gasteiger partial charge is 0.494 e. The van der Waals surface area contributed by atoms with E-state index in [2.05, 4.69) is 26.5 Å². The molecular weight excluding hydrogens is 594 g/mol. The number of hydrogen-bond acceptors (Lipinski definition) is 6. The van der Waals surface area contributed by atoms with Gasteiger partial charge in [-0.05, 0) is 90.8 Å². The average molecular weight is 623 g/mol. The maximum absolute atomic E-state index is 13.4. The molecule has 0 aliphatic heterocycles. The van der Waals surface area contributed by atoms with Gasteiger partial charge >= 0.3 is 0 Å². The van der Waals surface area contributed by atoms with Crippen molar-refractivity contribution in [3.05, 3.63) is 119 Å². The number of hydrogen-bond donors (Lipinski definition) is 1. The number of carbonyl (C=O) groups is 1. The lowest BCUT2D eigenvalue weighted by molar-refractivity contribution is -0.119. The zero-order valence-electron chi connectivity index (χ0n) is 21.7. The first-order valence-corrected chi connectivity index (χ1v) is 14.7. The zero-order chi connectivity index (χ0) is 28.4. The fourth-order valence-corrected chi connectivity index (χ4v) is 5.36. The second-order valence-corrected chi connectivity index (χ2v) is 11.3. The molecule has 0 bridgehead atoms. The molecule has 8 nitrogen and oxygen atoms in total. The van der Waals surface area contributed by atoms with Crippen molar-refractivity contribution in [3.63, 3.8) is 0 Å². The van der Waals surface area contributed by atoms with E-state index in [4.69, 9.17) is 9.47 Å². The van der Waals surface area contributed by atoms with Gasteiger partial charge in [-0.2, -0.15) is 5.10 Å². The van der Waals surface area contributed by atoms with Gasteiger partial charge in [0.15, 0.2) is 0 Å². The maximum atomic E-state index is 13.4. The van der Waals surface area contributed by atoms with E-state index in [1.54, 1.807) is 54.6 Å². The Morgan fingerprint density at radius 1 is 0.875 bits per heavy atom. The highest BCUT2D eigenvalue weighted by Crippen LogP contribution is 2.26. The van der Waals surface area contributed by atoms with Crippen LogP contribution in [0.2, 0.25) is 0 Å². The molecule has 0 radical (unpaired) electrons. The predicted octanol–water partition coefficient (Wildman–Crippen LogP) is 5.77. The van der Waals surface area contributed by atoms with Crippen LogP contribution in [0.3, 0.4) is 0 Å². The quantitative estimate of drug-likeness (QED) is 0.160. The topological polar surface area (TPSA) is 97.3 Å².